The fourth-order valence-electron chi connectivity index (χ4n) is 2.36. The summed E-state index contributed by atoms with van der Waals surface area (Å²) in [5, 5.41) is 0.457. The van der Waals surface area contributed by atoms with Gasteiger partial charge in [-0.05, 0) is 18.8 Å². The normalized spacial score (nSPS) is 17.5. The number of hydrogen-bond donors (Lipinski definition) is 0. The molecule has 0 spiro atoms. The van der Waals surface area contributed by atoms with Gasteiger partial charge in [-0.25, -0.2) is 4.98 Å². The quantitative estimate of drug-likeness (QED) is 0.772. The number of aromatic nitrogens is 2. The molecule has 1 aliphatic rings. The summed E-state index contributed by atoms with van der Waals surface area (Å²) >= 11 is 6.05. The summed E-state index contributed by atoms with van der Waals surface area (Å²) in [6, 6.07) is 1.71. The maximum atomic E-state index is 6.05. The van der Waals surface area contributed by atoms with E-state index in [0.29, 0.717) is 17.0 Å². The molecule has 1 aliphatic carbocycles. The zero-order chi connectivity index (χ0) is 13.9. The van der Waals surface area contributed by atoms with Gasteiger partial charge in [0, 0.05) is 11.5 Å². The monoisotopic (exact) mass is 282 g/mol. The minimum absolute atomic E-state index is 0.117. The summed E-state index contributed by atoms with van der Waals surface area (Å²) in [5.74, 6) is 2.01. The van der Waals surface area contributed by atoms with Gasteiger partial charge in [0.2, 0.25) is 5.88 Å². The van der Waals surface area contributed by atoms with E-state index in [0.717, 1.165) is 12.4 Å². The van der Waals surface area contributed by atoms with Crippen LogP contribution >= 0.6 is 11.6 Å². The highest BCUT2D eigenvalue weighted by Crippen LogP contribution is 2.26. The van der Waals surface area contributed by atoms with Crippen molar-refractivity contribution in [3.8, 4) is 5.88 Å². The Bertz CT molecular complexity index is 423. The van der Waals surface area contributed by atoms with Gasteiger partial charge in [-0.2, -0.15) is 4.98 Å². The van der Waals surface area contributed by atoms with E-state index in [1.807, 2.05) is 0 Å². The molecular weight excluding hydrogens is 260 g/mol. The number of nitrogens with zero attached hydrogens (tertiary/aromatic N) is 2. The summed E-state index contributed by atoms with van der Waals surface area (Å²) in [5.41, 5.74) is -0.117. The van der Waals surface area contributed by atoms with E-state index in [1.54, 1.807) is 6.07 Å². The Morgan fingerprint density at radius 2 is 1.89 bits per heavy atom. The van der Waals surface area contributed by atoms with Crippen molar-refractivity contribution in [1.82, 2.24) is 9.97 Å². The van der Waals surface area contributed by atoms with Crippen LogP contribution in [0.2, 0.25) is 5.15 Å². The molecule has 0 unspecified atom stereocenters. The number of halogens is 1. The summed E-state index contributed by atoms with van der Waals surface area (Å²) in [4.78, 5) is 8.75. The van der Waals surface area contributed by atoms with Crippen LogP contribution in [0.15, 0.2) is 6.07 Å². The molecule has 19 heavy (non-hydrogen) atoms. The highest BCUT2D eigenvalue weighted by Gasteiger charge is 2.20. The summed E-state index contributed by atoms with van der Waals surface area (Å²) in [6.45, 7) is 6.97. The van der Waals surface area contributed by atoms with E-state index in [-0.39, 0.29) is 5.41 Å². The van der Waals surface area contributed by atoms with Gasteiger partial charge in [0.05, 0.1) is 6.61 Å². The molecule has 0 bridgehead atoms. The molecule has 1 fully saturated rings. The first-order chi connectivity index (χ1) is 8.95. The van der Waals surface area contributed by atoms with Gasteiger partial charge in [0.15, 0.2) is 0 Å². The Hall–Kier alpha value is -0.830. The topological polar surface area (TPSA) is 35.0 Å². The minimum atomic E-state index is -0.117. The van der Waals surface area contributed by atoms with Gasteiger partial charge >= 0.3 is 0 Å². The van der Waals surface area contributed by atoms with Crippen molar-refractivity contribution in [3.63, 3.8) is 0 Å². The fraction of sp³-hybridized carbons (Fsp3) is 0.733. The van der Waals surface area contributed by atoms with Gasteiger partial charge < -0.3 is 4.74 Å². The van der Waals surface area contributed by atoms with E-state index in [2.05, 4.69) is 30.7 Å². The maximum absolute atomic E-state index is 6.05. The number of rotatable bonds is 3. The summed E-state index contributed by atoms with van der Waals surface area (Å²) < 4.78 is 5.83. The SMILES string of the molecule is CC(C)(C)c1nc(Cl)cc(OCC2CCCCC2)n1. The van der Waals surface area contributed by atoms with Crippen molar-refractivity contribution in [1.29, 1.82) is 0 Å². The van der Waals surface area contributed by atoms with E-state index in [1.165, 1.54) is 32.1 Å². The molecule has 2 rings (SSSR count). The molecule has 0 amide bonds. The average molecular weight is 283 g/mol. The zero-order valence-electron chi connectivity index (χ0n) is 12.1. The van der Waals surface area contributed by atoms with Crippen molar-refractivity contribution in [3.05, 3.63) is 17.0 Å². The van der Waals surface area contributed by atoms with Gasteiger partial charge in [-0.1, -0.05) is 51.6 Å². The van der Waals surface area contributed by atoms with Crippen LogP contribution in [0.1, 0.15) is 58.7 Å². The third-order valence-electron chi connectivity index (χ3n) is 3.53. The van der Waals surface area contributed by atoms with Gasteiger partial charge in [0.25, 0.3) is 0 Å². The van der Waals surface area contributed by atoms with E-state index >= 15 is 0 Å². The number of ether oxygens (including phenoxy) is 1. The van der Waals surface area contributed by atoms with Crippen molar-refractivity contribution >= 4 is 11.6 Å². The molecule has 1 aromatic rings. The summed E-state index contributed by atoms with van der Waals surface area (Å²) in [7, 11) is 0. The molecular formula is C15H23ClN2O. The molecule has 4 heteroatoms. The second-order valence-corrected chi connectivity index (χ2v) is 6.80. The Morgan fingerprint density at radius 1 is 1.21 bits per heavy atom. The molecule has 1 aromatic heterocycles. The summed E-state index contributed by atoms with van der Waals surface area (Å²) in [6.07, 6.45) is 6.55. The largest absolute Gasteiger partial charge is 0.477 e. The molecule has 0 saturated heterocycles. The van der Waals surface area contributed by atoms with E-state index < -0.39 is 0 Å². The van der Waals surface area contributed by atoms with Crippen LogP contribution in [-0.4, -0.2) is 16.6 Å². The van der Waals surface area contributed by atoms with E-state index in [4.69, 9.17) is 16.3 Å². The lowest BCUT2D eigenvalue weighted by atomic mass is 9.90. The van der Waals surface area contributed by atoms with Crippen molar-refractivity contribution in [2.24, 2.45) is 5.92 Å². The van der Waals surface area contributed by atoms with Crippen LogP contribution in [0.3, 0.4) is 0 Å². The van der Waals surface area contributed by atoms with Crippen molar-refractivity contribution < 1.29 is 4.74 Å². The highest BCUT2D eigenvalue weighted by molar-refractivity contribution is 6.29. The molecule has 0 aliphatic heterocycles. The fourth-order valence-corrected chi connectivity index (χ4v) is 2.54. The van der Waals surface area contributed by atoms with Crippen LogP contribution in [-0.2, 0) is 5.41 Å². The molecule has 1 heterocycles. The lowest BCUT2D eigenvalue weighted by molar-refractivity contribution is 0.201. The van der Waals surface area contributed by atoms with Crippen molar-refractivity contribution in [2.75, 3.05) is 6.61 Å². The molecule has 0 radical (unpaired) electrons. The smallest absolute Gasteiger partial charge is 0.218 e. The standard InChI is InChI=1S/C15H23ClN2O/c1-15(2,3)14-17-12(16)9-13(18-14)19-10-11-7-5-4-6-8-11/h9,11H,4-8,10H2,1-3H3. The average Bonchev–Trinajstić information content (AvgIpc) is 2.36. The van der Waals surface area contributed by atoms with Gasteiger partial charge in [-0.15, -0.1) is 0 Å². The zero-order valence-corrected chi connectivity index (χ0v) is 12.8. The molecule has 0 aromatic carbocycles. The molecule has 1 saturated carbocycles. The molecule has 0 atom stereocenters. The molecule has 106 valence electrons. The first kappa shape index (κ1) is 14.6. The Balaban J connectivity index is 2.01. The Morgan fingerprint density at radius 3 is 2.53 bits per heavy atom. The molecule has 3 nitrogen and oxygen atoms in total. The van der Waals surface area contributed by atoms with Crippen molar-refractivity contribution in [2.45, 2.75) is 58.3 Å². The van der Waals surface area contributed by atoms with E-state index in [9.17, 15) is 0 Å². The van der Waals surface area contributed by atoms with Crippen LogP contribution in [0.25, 0.3) is 0 Å². The van der Waals surface area contributed by atoms with Crippen LogP contribution in [0, 0.1) is 5.92 Å². The molecule has 0 N–H and O–H groups in total. The maximum Gasteiger partial charge on any atom is 0.218 e. The minimum Gasteiger partial charge on any atom is -0.477 e. The van der Waals surface area contributed by atoms with Crippen LogP contribution < -0.4 is 4.74 Å². The Kier molecular flexibility index (Phi) is 4.67. The first-order valence-corrected chi connectivity index (χ1v) is 7.51. The third kappa shape index (κ3) is 4.34. The number of hydrogen-bond acceptors (Lipinski definition) is 3. The lowest BCUT2D eigenvalue weighted by Gasteiger charge is -2.22. The second kappa shape index (κ2) is 6.08. The van der Waals surface area contributed by atoms with Gasteiger partial charge in [0.1, 0.15) is 11.0 Å². The Labute approximate surface area is 120 Å². The predicted octanol–water partition coefficient (Wildman–Crippen LogP) is 4.39. The first-order valence-electron chi connectivity index (χ1n) is 7.13. The second-order valence-electron chi connectivity index (χ2n) is 6.42. The lowest BCUT2D eigenvalue weighted by Crippen LogP contribution is -2.19. The van der Waals surface area contributed by atoms with Gasteiger partial charge in [-0.3, -0.25) is 0 Å². The van der Waals surface area contributed by atoms with Crippen LogP contribution in [0.5, 0.6) is 5.88 Å². The van der Waals surface area contributed by atoms with Crippen LogP contribution in [0.4, 0.5) is 0 Å². The predicted molar refractivity (Wildman–Crippen MR) is 77.8 cm³/mol. The highest BCUT2D eigenvalue weighted by atomic mass is 35.5. The third-order valence-corrected chi connectivity index (χ3v) is 3.73.